The van der Waals surface area contributed by atoms with Crippen LogP contribution >= 0.6 is 7.82 Å². The van der Waals surface area contributed by atoms with E-state index in [9.17, 15) is 19.4 Å². The predicted molar refractivity (Wildman–Crippen MR) is 217 cm³/mol. The van der Waals surface area contributed by atoms with Gasteiger partial charge >= 0.3 is 7.82 Å². The number of nitrogens with one attached hydrogen (secondary N) is 1. The largest absolute Gasteiger partial charge is 0.472 e. The van der Waals surface area contributed by atoms with Crippen molar-refractivity contribution in [2.24, 2.45) is 5.73 Å². The maximum atomic E-state index is 12.7. The molecule has 3 unspecified atom stereocenters. The van der Waals surface area contributed by atoms with Gasteiger partial charge in [0.2, 0.25) is 5.91 Å². The highest BCUT2D eigenvalue weighted by atomic mass is 31.2. The van der Waals surface area contributed by atoms with Gasteiger partial charge in [-0.15, -0.1) is 0 Å². The van der Waals surface area contributed by atoms with Crippen molar-refractivity contribution in [3.63, 3.8) is 0 Å². The number of nitrogens with two attached hydrogens (primary N) is 1. The minimum absolute atomic E-state index is 0.0725. The molecule has 0 saturated carbocycles. The molecule has 0 aromatic carbocycles. The number of unbranched alkanes of at least 4 members (excludes halogenated alkanes) is 23. The molecule has 0 bridgehead atoms. The van der Waals surface area contributed by atoms with E-state index >= 15 is 0 Å². The first-order valence-corrected chi connectivity index (χ1v) is 22.6. The maximum Gasteiger partial charge on any atom is 0.472 e. The summed E-state index contributed by atoms with van der Waals surface area (Å²) in [5.74, 6) is -0.215. The number of rotatable bonds is 39. The Morgan fingerprint density at radius 1 is 0.627 bits per heavy atom. The Labute approximate surface area is 314 Å². The highest BCUT2D eigenvalue weighted by Crippen LogP contribution is 2.43. The van der Waals surface area contributed by atoms with E-state index < -0.39 is 20.0 Å². The Morgan fingerprint density at radius 2 is 1.04 bits per heavy atom. The van der Waals surface area contributed by atoms with Crippen LogP contribution in [0.5, 0.6) is 0 Å². The second-order valence-electron chi connectivity index (χ2n) is 14.2. The van der Waals surface area contributed by atoms with Crippen molar-refractivity contribution >= 4 is 13.7 Å². The fraction of sp³-hybridized carbons (Fsp3) is 0.833. The molecule has 0 aromatic rings. The van der Waals surface area contributed by atoms with Gasteiger partial charge in [-0.2, -0.15) is 0 Å². The summed E-state index contributed by atoms with van der Waals surface area (Å²) in [6, 6.07) is -0.879. The highest BCUT2D eigenvalue weighted by Gasteiger charge is 2.26. The molecule has 3 atom stereocenters. The second kappa shape index (κ2) is 38.4. The molecule has 0 radical (unpaired) electrons. The summed E-state index contributed by atoms with van der Waals surface area (Å²) < 4.78 is 22.1. The number of aliphatic hydroxyl groups is 1. The van der Waals surface area contributed by atoms with Gasteiger partial charge in [0.05, 0.1) is 25.4 Å². The van der Waals surface area contributed by atoms with E-state index in [-0.39, 0.29) is 25.7 Å². The average molecular weight is 741 g/mol. The molecule has 9 heteroatoms. The monoisotopic (exact) mass is 741 g/mol. The number of phosphoric acid groups is 1. The molecule has 0 spiro atoms. The van der Waals surface area contributed by atoms with Crippen molar-refractivity contribution < 1.29 is 28.4 Å². The van der Waals surface area contributed by atoms with Crippen LogP contribution in [0.25, 0.3) is 0 Å². The quantitative estimate of drug-likeness (QED) is 0.0280. The molecule has 300 valence electrons. The molecular formula is C42H81N2O6P. The number of aliphatic hydroxyl groups excluding tert-OH is 1. The summed E-state index contributed by atoms with van der Waals surface area (Å²) in [4.78, 5) is 22.6. The molecule has 5 N–H and O–H groups in total. The third kappa shape index (κ3) is 36.9. The minimum Gasteiger partial charge on any atom is -0.387 e. The molecule has 0 aliphatic carbocycles. The van der Waals surface area contributed by atoms with Gasteiger partial charge in [0.15, 0.2) is 0 Å². The molecule has 51 heavy (non-hydrogen) atoms. The molecule has 0 aliphatic heterocycles. The molecule has 0 heterocycles. The van der Waals surface area contributed by atoms with Crippen molar-refractivity contribution in [1.82, 2.24) is 5.32 Å². The van der Waals surface area contributed by atoms with Crippen LogP contribution in [0.1, 0.15) is 194 Å². The van der Waals surface area contributed by atoms with Gasteiger partial charge in [0.25, 0.3) is 0 Å². The number of allylic oxidation sites excluding steroid dienone is 5. The van der Waals surface area contributed by atoms with Gasteiger partial charge < -0.3 is 21.1 Å². The number of hydrogen-bond acceptors (Lipinski definition) is 6. The lowest BCUT2D eigenvalue weighted by Crippen LogP contribution is -2.45. The molecule has 1 amide bonds. The summed E-state index contributed by atoms with van der Waals surface area (Å²) in [5.41, 5.74) is 5.36. The van der Waals surface area contributed by atoms with E-state index in [0.717, 1.165) is 57.8 Å². The Kier molecular flexibility index (Phi) is 37.5. The summed E-state index contributed by atoms with van der Waals surface area (Å²) in [6.07, 6.45) is 44.9. The van der Waals surface area contributed by atoms with Crippen molar-refractivity contribution in [1.29, 1.82) is 0 Å². The number of amides is 1. The van der Waals surface area contributed by atoms with Crippen LogP contribution in [0.4, 0.5) is 0 Å². The lowest BCUT2D eigenvalue weighted by atomic mass is 10.0. The SMILES string of the molecule is CCCCC/C=C\CCCCCCCC(=O)NC(COP(=O)(O)OCCN)C(O)/C=C/CC/C=C/CCCCCCCCCCCCCCCC. The first kappa shape index (κ1) is 49.7. The number of phosphoric ester groups is 1. The first-order valence-electron chi connectivity index (χ1n) is 21.1. The van der Waals surface area contributed by atoms with Crippen LogP contribution in [0, 0.1) is 0 Å². The summed E-state index contributed by atoms with van der Waals surface area (Å²) in [5, 5.41) is 13.6. The molecule has 0 saturated heterocycles. The predicted octanol–water partition coefficient (Wildman–Crippen LogP) is 11.6. The number of hydrogen-bond donors (Lipinski definition) is 4. The zero-order valence-corrected chi connectivity index (χ0v) is 34.0. The smallest absolute Gasteiger partial charge is 0.387 e. The number of carbonyl (C=O) groups excluding carboxylic acids is 1. The molecule has 0 rings (SSSR count). The van der Waals surface area contributed by atoms with Crippen LogP contribution in [-0.4, -0.2) is 47.8 Å². The van der Waals surface area contributed by atoms with E-state index in [1.807, 2.05) is 6.08 Å². The summed E-state index contributed by atoms with van der Waals surface area (Å²) >= 11 is 0. The fourth-order valence-electron chi connectivity index (χ4n) is 5.97. The zero-order chi connectivity index (χ0) is 37.5. The van der Waals surface area contributed by atoms with Gasteiger partial charge in [-0.1, -0.05) is 166 Å². The van der Waals surface area contributed by atoms with Crippen LogP contribution < -0.4 is 11.1 Å². The normalized spacial score (nSPS) is 14.5. The van der Waals surface area contributed by atoms with E-state index in [1.165, 1.54) is 116 Å². The standard InChI is InChI=1S/C42H81N2O6P/c1-3-5-7-9-11-13-15-17-18-19-20-21-22-23-24-25-27-29-31-33-35-41(45)40(39-50-51(47,48)49-38-37-43)44-42(46)36-34-32-30-28-26-16-14-12-10-8-6-4-2/h12,14,25,27,33,35,40-41,45H,3-11,13,15-24,26,28-32,34,36-39,43H2,1-2H3,(H,44,46)(H,47,48)/b14-12-,27-25+,35-33+. The van der Waals surface area contributed by atoms with E-state index in [0.29, 0.717) is 6.42 Å². The Balaban J connectivity index is 4.26. The Hall–Kier alpha value is -1.28. The topological polar surface area (TPSA) is 131 Å². The lowest BCUT2D eigenvalue weighted by Gasteiger charge is -2.23. The lowest BCUT2D eigenvalue weighted by molar-refractivity contribution is -0.123. The van der Waals surface area contributed by atoms with Gasteiger partial charge in [-0.3, -0.25) is 13.8 Å². The van der Waals surface area contributed by atoms with Crippen LogP contribution in [0.2, 0.25) is 0 Å². The van der Waals surface area contributed by atoms with Gasteiger partial charge in [0, 0.05) is 13.0 Å². The van der Waals surface area contributed by atoms with E-state index in [2.05, 4.69) is 43.5 Å². The second-order valence-corrected chi connectivity index (χ2v) is 15.6. The first-order chi connectivity index (χ1) is 24.9. The highest BCUT2D eigenvalue weighted by molar-refractivity contribution is 7.47. The van der Waals surface area contributed by atoms with Gasteiger partial charge in [-0.25, -0.2) is 4.57 Å². The Morgan fingerprint density at radius 3 is 1.55 bits per heavy atom. The fourth-order valence-corrected chi connectivity index (χ4v) is 6.72. The summed E-state index contributed by atoms with van der Waals surface area (Å²) in [7, 11) is -4.34. The van der Waals surface area contributed by atoms with Crippen molar-refractivity contribution in [3.8, 4) is 0 Å². The van der Waals surface area contributed by atoms with Crippen LogP contribution in [0.15, 0.2) is 36.5 Å². The van der Waals surface area contributed by atoms with Crippen molar-refractivity contribution in [2.75, 3.05) is 19.8 Å². The summed E-state index contributed by atoms with van der Waals surface area (Å²) in [6.45, 7) is 4.08. The maximum absolute atomic E-state index is 12.7. The number of carbonyl (C=O) groups is 1. The van der Waals surface area contributed by atoms with Crippen molar-refractivity contribution in [2.45, 2.75) is 206 Å². The molecule has 0 fully saturated rings. The van der Waals surface area contributed by atoms with Crippen molar-refractivity contribution in [3.05, 3.63) is 36.5 Å². The molecule has 0 aliphatic rings. The third-order valence-electron chi connectivity index (χ3n) is 9.19. The van der Waals surface area contributed by atoms with Gasteiger partial charge in [0.1, 0.15) is 0 Å². The van der Waals surface area contributed by atoms with Gasteiger partial charge in [-0.05, 0) is 57.8 Å². The van der Waals surface area contributed by atoms with Crippen LogP contribution in [0.3, 0.4) is 0 Å². The molecule has 8 nitrogen and oxygen atoms in total. The Bertz CT molecular complexity index is 897. The molecular weight excluding hydrogens is 659 g/mol. The average Bonchev–Trinajstić information content (AvgIpc) is 3.12. The van der Waals surface area contributed by atoms with Crippen LogP contribution in [-0.2, 0) is 18.4 Å². The minimum atomic E-state index is -4.34. The van der Waals surface area contributed by atoms with E-state index in [1.54, 1.807) is 6.08 Å². The molecule has 0 aromatic heterocycles. The third-order valence-corrected chi connectivity index (χ3v) is 10.2. The van der Waals surface area contributed by atoms with E-state index in [4.69, 9.17) is 14.8 Å². The zero-order valence-electron chi connectivity index (χ0n) is 33.1.